The van der Waals surface area contributed by atoms with Crippen LogP contribution >= 0.6 is 0 Å². The first kappa shape index (κ1) is 49.9. The molecule has 0 amide bonds. The minimum atomic E-state index is -1.62. The SMILES string of the molecule is [2H]C([2H])(c1cc(-c2cccc3c4ccccc4c4ccccc4c4cccc5c4n(c23)CN5c2cccc(Oc3cc(-n4c5ccccc5c5ccccc54)c4c5ccccc5n(-c5cc(C(C)(C)C)ccn5)c4c3)c2)cc(C(C)(C)C)c1)C(C)(C)C. The average Bonchev–Trinajstić information content (AvgIpc) is 1.67. The highest BCUT2D eigenvalue weighted by Gasteiger charge is 2.28. The zero-order chi connectivity index (χ0) is 59.9. The van der Waals surface area contributed by atoms with E-state index in [1.807, 2.05) is 27.0 Å². The largest absolute Gasteiger partial charge is 0.457 e. The Hall–Kier alpha value is -9.65. The molecule has 85 heavy (non-hydrogen) atoms. The first-order valence-corrected chi connectivity index (χ1v) is 29.8. The number of rotatable bonds is 7. The van der Waals surface area contributed by atoms with Crippen molar-refractivity contribution in [3.8, 4) is 34.1 Å². The highest BCUT2D eigenvalue weighted by molar-refractivity contribution is 6.22. The smallest absolute Gasteiger partial charge is 0.137 e. The molecule has 0 saturated heterocycles. The number of para-hydroxylation sites is 5. The first-order valence-electron chi connectivity index (χ1n) is 30.8. The Morgan fingerprint density at radius 3 is 1.62 bits per heavy atom. The fourth-order valence-corrected chi connectivity index (χ4v) is 13.4. The van der Waals surface area contributed by atoms with Crippen molar-refractivity contribution >= 4 is 98.3 Å². The zero-order valence-electron chi connectivity index (χ0n) is 51.8. The third-order valence-corrected chi connectivity index (χ3v) is 17.3. The quantitative estimate of drug-likeness (QED) is 0.160. The van der Waals surface area contributed by atoms with Crippen LogP contribution in [0.5, 0.6) is 11.5 Å². The molecule has 15 rings (SSSR count). The molecule has 4 aromatic heterocycles. The van der Waals surface area contributed by atoms with Gasteiger partial charge in [-0.2, -0.15) is 0 Å². The van der Waals surface area contributed by atoms with Gasteiger partial charge in [-0.1, -0.05) is 220 Å². The molecular formula is C79H69N5O. The number of fused-ring (bicyclic) bond motifs is 13. The van der Waals surface area contributed by atoms with Gasteiger partial charge in [0.25, 0.3) is 0 Å². The lowest BCUT2D eigenvalue weighted by Crippen LogP contribution is -2.15. The lowest BCUT2D eigenvalue weighted by molar-refractivity contribution is 0.411. The number of aromatic nitrogens is 4. The normalized spacial score (nSPS) is 13.5. The van der Waals surface area contributed by atoms with Crippen LogP contribution in [-0.2, 0) is 23.9 Å². The van der Waals surface area contributed by atoms with Gasteiger partial charge in [0, 0.05) is 70.7 Å². The van der Waals surface area contributed by atoms with Crippen molar-refractivity contribution < 1.29 is 7.48 Å². The fraction of sp³-hybridized carbons (Fsp3) is 0.177. The minimum Gasteiger partial charge on any atom is -0.457 e. The van der Waals surface area contributed by atoms with Gasteiger partial charge in [0.05, 0.1) is 44.5 Å². The molecule has 0 atom stereocenters. The maximum Gasteiger partial charge on any atom is 0.137 e. The van der Waals surface area contributed by atoms with Crippen molar-refractivity contribution in [2.24, 2.45) is 5.41 Å². The minimum absolute atomic E-state index is 0.0949. The molecule has 0 bridgehead atoms. The highest BCUT2D eigenvalue weighted by Crippen LogP contribution is 2.48. The van der Waals surface area contributed by atoms with Gasteiger partial charge < -0.3 is 18.8 Å². The predicted octanol–water partition coefficient (Wildman–Crippen LogP) is 21.6. The van der Waals surface area contributed by atoms with Gasteiger partial charge in [0.1, 0.15) is 24.0 Å². The van der Waals surface area contributed by atoms with E-state index in [4.69, 9.17) is 9.72 Å². The van der Waals surface area contributed by atoms with Crippen molar-refractivity contribution in [2.75, 3.05) is 4.90 Å². The Labute approximate surface area is 499 Å². The van der Waals surface area contributed by atoms with Crippen LogP contribution in [0.4, 0.5) is 11.4 Å². The van der Waals surface area contributed by atoms with E-state index in [9.17, 15) is 2.74 Å². The van der Waals surface area contributed by atoms with Crippen LogP contribution in [0.3, 0.4) is 0 Å². The van der Waals surface area contributed by atoms with Gasteiger partial charge in [-0.3, -0.25) is 4.57 Å². The van der Waals surface area contributed by atoms with E-state index in [-0.39, 0.29) is 10.8 Å². The van der Waals surface area contributed by atoms with Crippen LogP contribution in [0.25, 0.3) is 110 Å². The van der Waals surface area contributed by atoms with E-state index in [2.05, 4.69) is 285 Å². The van der Waals surface area contributed by atoms with E-state index in [1.165, 1.54) is 16.3 Å². The summed E-state index contributed by atoms with van der Waals surface area (Å²) in [5.41, 5.74) is 13.5. The molecule has 1 aliphatic heterocycles. The average molecular weight is 1110 g/mol. The lowest BCUT2D eigenvalue weighted by Gasteiger charge is -2.25. The van der Waals surface area contributed by atoms with Gasteiger partial charge in [-0.15, -0.1) is 0 Å². The number of hydrogen-bond acceptors (Lipinski definition) is 3. The van der Waals surface area contributed by atoms with E-state index in [0.29, 0.717) is 23.7 Å². The maximum absolute atomic E-state index is 9.69. The Bertz CT molecular complexity index is 5180. The maximum atomic E-state index is 9.69. The third-order valence-electron chi connectivity index (χ3n) is 17.3. The molecule has 416 valence electrons. The summed E-state index contributed by atoms with van der Waals surface area (Å²) in [6.45, 7) is 19.9. The van der Waals surface area contributed by atoms with Crippen LogP contribution in [0.2, 0.25) is 0 Å². The molecule has 0 aliphatic carbocycles. The van der Waals surface area contributed by atoms with Gasteiger partial charge >= 0.3 is 0 Å². The summed E-state index contributed by atoms with van der Waals surface area (Å²) < 4.78 is 34.0. The number of benzene rings is 10. The first-order chi connectivity index (χ1) is 41.8. The predicted molar refractivity (Wildman–Crippen MR) is 360 cm³/mol. The molecule has 14 aromatic rings. The Morgan fingerprint density at radius 2 is 0.988 bits per heavy atom. The molecule has 6 nitrogen and oxygen atoms in total. The Balaban J connectivity index is 0.960. The molecule has 6 heteroatoms. The van der Waals surface area contributed by atoms with E-state index in [1.54, 1.807) is 0 Å². The monoisotopic (exact) mass is 1110 g/mol. The summed E-state index contributed by atoms with van der Waals surface area (Å²) >= 11 is 0. The summed E-state index contributed by atoms with van der Waals surface area (Å²) in [7, 11) is 0. The topological polar surface area (TPSA) is 40.1 Å². The van der Waals surface area contributed by atoms with Crippen molar-refractivity contribution in [1.82, 2.24) is 18.7 Å². The summed E-state index contributed by atoms with van der Waals surface area (Å²) in [5.74, 6) is 2.25. The number of anilines is 2. The molecule has 0 fully saturated rings. The standard InChI is InChI=1S/C79H69N5O/c1-77(2,3)48-50-41-51(43-53(42-50)79(7,8)9)57-32-21-33-64-60-27-12-10-25-58(60)59-26-11-13-28-61(59)65-34-22-38-70-76(65)82(75(57)64)49-81(70)54-23-20-24-55(45-54)85-56-46-71(83-67-35-17-14-29-62(67)63-30-15-18-36-68(63)83)74-66-31-16-19-37-69(66)84(72(74)47-56)73-44-52(39-40-80-73)78(4,5)6/h10-47H,48-49H2,1-9H3/i48D2. The van der Waals surface area contributed by atoms with E-state index < -0.39 is 11.8 Å². The molecule has 0 radical (unpaired) electrons. The number of hydrogen-bond donors (Lipinski definition) is 0. The van der Waals surface area contributed by atoms with Gasteiger partial charge in [-0.05, 0) is 115 Å². The Kier molecular flexibility index (Phi) is 11.4. The van der Waals surface area contributed by atoms with E-state index >= 15 is 0 Å². The molecule has 1 aliphatic rings. The van der Waals surface area contributed by atoms with Crippen LogP contribution in [-0.4, -0.2) is 18.7 Å². The molecule has 0 saturated carbocycles. The highest BCUT2D eigenvalue weighted by atomic mass is 16.5. The molecular weight excluding hydrogens is 1030 g/mol. The second-order valence-electron chi connectivity index (χ2n) is 26.2. The van der Waals surface area contributed by atoms with Gasteiger partial charge in [0.2, 0.25) is 0 Å². The van der Waals surface area contributed by atoms with Gasteiger partial charge in [0.15, 0.2) is 0 Å². The van der Waals surface area contributed by atoms with Crippen LogP contribution in [0, 0.1) is 5.41 Å². The molecule has 0 spiro atoms. The second-order valence-corrected chi connectivity index (χ2v) is 26.2. The van der Waals surface area contributed by atoms with Crippen molar-refractivity contribution in [3.63, 3.8) is 0 Å². The Morgan fingerprint density at radius 1 is 0.435 bits per heavy atom. The van der Waals surface area contributed by atoms with Crippen LogP contribution < -0.4 is 9.64 Å². The van der Waals surface area contributed by atoms with Gasteiger partial charge in [-0.25, -0.2) is 4.98 Å². The summed E-state index contributed by atoms with van der Waals surface area (Å²) in [6, 6.07) is 81.0. The third kappa shape index (κ3) is 8.80. The molecule has 10 aromatic carbocycles. The number of pyridine rings is 1. The van der Waals surface area contributed by atoms with E-state index in [0.717, 1.165) is 116 Å². The van der Waals surface area contributed by atoms with Crippen LogP contribution in [0.1, 0.15) is 81.7 Å². The summed E-state index contributed by atoms with van der Waals surface area (Å²) in [4.78, 5) is 7.53. The van der Waals surface area contributed by atoms with Crippen LogP contribution in [0.15, 0.2) is 231 Å². The van der Waals surface area contributed by atoms with Crippen molar-refractivity contribution in [2.45, 2.75) is 86.2 Å². The fourth-order valence-electron chi connectivity index (χ4n) is 13.4. The summed E-state index contributed by atoms with van der Waals surface area (Å²) in [6.07, 6.45) is 0.316. The van der Waals surface area contributed by atoms with Crippen molar-refractivity contribution in [3.05, 3.63) is 247 Å². The molecule has 0 N–H and O–H groups in total. The second kappa shape index (κ2) is 19.5. The number of nitrogens with zero attached hydrogens (tertiary/aromatic N) is 5. The zero-order valence-corrected chi connectivity index (χ0v) is 49.8. The lowest BCUT2D eigenvalue weighted by atomic mass is 9.81. The van der Waals surface area contributed by atoms with Crippen molar-refractivity contribution in [1.29, 1.82) is 0 Å². The number of ether oxygens (including phenoxy) is 1. The molecule has 5 heterocycles. The summed E-state index contributed by atoms with van der Waals surface area (Å²) in [5, 5.41) is 11.5. The molecule has 0 unspecified atom stereocenters.